The summed E-state index contributed by atoms with van der Waals surface area (Å²) in [7, 11) is 2.16. The van der Waals surface area contributed by atoms with Crippen LogP contribution in [0.1, 0.15) is 35.8 Å². The van der Waals surface area contributed by atoms with Crippen molar-refractivity contribution >= 4 is 28.9 Å². The number of ether oxygens (including phenoxy) is 1. The second-order valence-electron chi connectivity index (χ2n) is 9.84. The van der Waals surface area contributed by atoms with Crippen LogP contribution < -0.4 is 21.3 Å². The third-order valence-electron chi connectivity index (χ3n) is 7.17. The number of aryl methyl sites for hydroxylation is 1. The molecule has 200 valence electrons. The Bertz CT molecular complexity index is 1260. The van der Waals surface area contributed by atoms with Gasteiger partial charge in [-0.2, -0.15) is 0 Å². The zero-order valence-corrected chi connectivity index (χ0v) is 22.1. The number of nitrogens with zero attached hydrogens (tertiary/aromatic N) is 5. The van der Waals surface area contributed by atoms with Gasteiger partial charge in [-0.1, -0.05) is 13.0 Å². The van der Waals surface area contributed by atoms with Crippen molar-refractivity contribution in [1.82, 2.24) is 19.9 Å². The minimum atomic E-state index is -0.653. The van der Waals surface area contributed by atoms with Crippen LogP contribution in [-0.2, 0) is 11.2 Å². The molecule has 2 aliphatic rings. The topological polar surface area (TPSA) is 122 Å². The number of carbonyl (C=O) groups excluding carboxylic acids is 1. The summed E-state index contributed by atoms with van der Waals surface area (Å²) in [5.41, 5.74) is 10.3. The van der Waals surface area contributed by atoms with E-state index in [1.165, 1.54) is 11.3 Å². The molecule has 4 N–H and O–H groups in total. The Kier molecular flexibility index (Phi) is 8.00. The fourth-order valence-electron chi connectivity index (χ4n) is 4.95. The van der Waals surface area contributed by atoms with Gasteiger partial charge in [-0.05, 0) is 62.2 Å². The number of aromatic nitrogens is 3. The molecule has 0 saturated carbocycles. The maximum absolute atomic E-state index is 12.5. The summed E-state index contributed by atoms with van der Waals surface area (Å²) in [5, 5.41) is 6.86. The molecule has 10 nitrogen and oxygen atoms in total. The van der Waals surface area contributed by atoms with E-state index in [9.17, 15) is 4.79 Å². The Hall–Kier alpha value is -3.76. The quantitative estimate of drug-likeness (QED) is 0.414. The molecule has 0 spiro atoms. The molecule has 0 atom stereocenters. The molecule has 2 saturated heterocycles. The van der Waals surface area contributed by atoms with Gasteiger partial charge in [-0.3, -0.25) is 9.78 Å². The molecule has 5 rings (SSSR count). The smallest absolute Gasteiger partial charge is 0.271 e. The molecule has 38 heavy (non-hydrogen) atoms. The first-order valence-corrected chi connectivity index (χ1v) is 13.3. The summed E-state index contributed by atoms with van der Waals surface area (Å²) in [6, 6.07) is 12.0. The number of nitrogens with two attached hydrogens (primary N) is 1. The first-order valence-electron chi connectivity index (χ1n) is 13.3. The number of nitrogens with one attached hydrogen (secondary N) is 2. The summed E-state index contributed by atoms with van der Waals surface area (Å²) in [6.45, 7) is 7.64. The van der Waals surface area contributed by atoms with Gasteiger partial charge in [-0.15, -0.1) is 0 Å². The van der Waals surface area contributed by atoms with Crippen molar-refractivity contribution in [3.05, 3.63) is 53.9 Å². The Morgan fingerprint density at radius 1 is 1.08 bits per heavy atom. The normalized spacial score (nSPS) is 16.8. The van der Waals surface area contributed by atoms with E-state index in [1.54, 1.807) is 6.20 Å². The Balaban J connectivity index is 1.49. The number of piperazine rings is 1. The lowest BCUT2D eigenvalue weighted by Crippen LogP contribution is -2.44. The summed E-state index contributed by atoms with van der Waals surface area (Å²) in [6.07, 6.45) is 4.30. The number of anilines is 4. The number of rotatable bonds is 8. The van der Waals surface area contributed by atoms with Gasteiger partial charge in [0.05, 0.1) is 5.69 Å². The maximum Gasteiger partial charge on any atom is 0.271 e. The van der Waals surface area contributed by atoms with Crippen LogP contribution in [-0.4, -0.2) is 78.2 Å². The average molecular weight is 517 g/mol. The molecule has 0 aliphatic carbocycles. The number of carbonyl (C=O) groups is 1. The van der Waals surface area contributed by atoms with Gasteiger partial charge >= 0.3 is 0 Å². The van der Waals surface area contributed by atoms with Crippen LogP contribution in [0.3, 0.4) is 0 Å². The van der Waals surface area contributed by atoms with E-state index in [2.05, 4.69) is 56.5 Å². The number of primary amides is 1. The molecular formula is C28H36N8O2. The third kappa shape index (κ3) is 5.87. The van der Waals surface area contributed by atoms with Gasteiger partial charge in [0.25, 0.3) is 5.91 Å². The van der Waals surface area contributed by atoms with Gasteiger partial charge in [0.2, 0.25) is 0 Å². The number of amides is 1. The summed E-state index contributed by atoms with van der Waals surface area (Å²) in [4.78, 5) is 31.3. The molecule has 4 heterocycles. The van der Waals surface area contributed by atoms with Gasteiger partial charge in [0.15, 0.2) is 17.3 Å². The number of pyridine rings is 1. The van der Waals surface area contributed by atoms with Crippen LogP contribution in [0.15, 0.2) is 42.6 Å². The second-order valence-corrected chi connectivity index (χ2v) is 9.84. The van der Waals surface area contributed by atoms with Crippen LogP contribution in [0.25, 0.3) is 11.4 Å². The fourth-order valence-corrected chi connectivity index (χ4v) is 4.95. The van der Waals surface area contributed by atoms with E-state index >= 15 is 0 Å². The number of benzene rings is 1. The van der Waals surface area contributed by atoms with Crippen molar-refractivity contribution in [3.63, 3.8) is 0 Å². The van der Waals surface area contributed by atoms with Gasteiger partial charge < -0.3 is 30.9 Å². The van der Waals surface area contributed by atoms with Crippen molar-refractivity contribution in [2.75, 3.05) is 62.0 Å². The summed E-state index contributed by atoms with van der Waals surface area (Å²) >= 11 is 0. The number of likely N-dealkylation sites (N-methyl/N-ethyl adjacent to an activating group) is 1. The van der Waals surface area contributed by atoms with Crippen LogP contribution in [0, 0.1) is 0 Å². The fraction of sp³-hybridized carbons (Fsp3) is 0.429. The lowest BCUT2D eigenvalue weighted by molar-refractivity contribution is 0.0904. The van der Waals surface area contributed by atoms with Crippen molar-refractivity contribution in [2.45, 2.75) is 32.2 Å². The van der Waals surface area contributed by atoms with Crippen LogP contribution in [0.2, 0.25) is 0 Å². The monoisotopic (exact) mass is 516 g/mol. The lowest BCUT2D eigenvalue weighted by Gasteiger charge is -2.35. The minimum absolute atomic E-state index is 0.0735. The van der Waals surface area contributed by atoms with E-state index < -0.39 is 5.91 Å². The van der Waals surface area contributed by atoms with Gasteiger partial charge in [0.1, 0.15) is 5.69 Å². The van der Waals surface area contributed by atoms with Crippen molar-refractivity contribution in [3.8, 4) is 11.4 Å². The van der Waals surface area contributed by atoms with Crippen LogP contribution in [0.4, 0.5) is 23.0 Å². The van der Waals surface area contributed by atoms with E-state index in [0.717, 1.165) is 51.1 Å². The summed E-state index contributed by atoms with van der Waals surface area (Å²) in [5.74, 6) is 0.230. The highest BCUT2D eigenvalue weighted by Crippen LogP contribution is 2.31. The van der Waals surface area contributed by atoms with E-state index in [-0.39, 0.29) is 11.7 Å². The Labute approximate surface area is 223 Å². The highest BCUT2D eigenvalue weighted by molar-refractivity contribution is 5.97. The molecule has 1 aromatic carbocycles. The molecular weight excluding hydrogens is 480 g/mol. The van der Waals surface area contributed by atoms with Crippen LogP contribution >= 0.6 is 0 Å². The molecule has 3 aromatic rings. The number of hydrogen-bond donors (Lipinski definition) is 3. The standard InChI is InChI=1S/C28H36N8O2/c1-3-19-18-21(7-8-23(19)36-14-12-35(2)13-15-36)32-28-25(26(29)37)33-24(22-6-4-5-11-30-22)27(34-28)31-20-9-16-38-17-10-20/h4-8,11,18,20H,3,9-10,12-17H2,1-2H3,(H2,29,37)(H2,31,32,34). The molecule has 2 aromatic heterocycles. The van der Waals surface area contributed by atoms with Crippen molar-refractivity contribution in [1.29, 1.82) is 0 Å². The Morgan fingerprint density at radius 3 is 2.55 bits per heavy atom. The van der Waals surface area contributed by atoms with Crippen molar-refractivity contribution in [2.24, 2.45) is 5.73 Å². The highest BCUT2D eigenvalue weighted by Gasteiger charge is 2.23. The Morgan fingerprint density at radius 2 is 1.87 bits per heavy atom. The van der Waals surface area contributed by atoms with E-state index in [4.69, 9.17) is 15.5 Å². The predicted molar refractivity (Wildman–Crippen MR) is 150 cm³/mol. The van der Waals surface area contributed by atoms with Crippen molar-refractivity contribution < 1.29 is 9.53 Å². The first kappa shape index (κ1) is 25.9. The highest BCUT2D eigenvalue weighted by atomic mass is 16.5. The van der Waals surface area contributed by atoms with Crippen LogP contribution in [0.5, 0.6) is 0 Å². The predicted octanol–water partition coefficient (Wildman–Crippen LogP) is 3.29. The number of hydrogen-bond acceptors (Lipinski definition) is 9. The third-order valence-corrected chi connectivity index (χ3v) is 7.17. The largest absolute Gasteiger partial charge is 0.381 e. The lowest BCUT2D eigenvalue weighted by atomic mass is 10.1. The van der Waals surface area contributed by atoms with E-state index in [0.29, 0.717) is 36.2 Å². The minimum Gasteiger partial charge on any atom is -0.381 e. The van der Waals surface area contributed by atoms with Gasteiger partial charge in [-0.25, -0.2) is 9.97 Å². The van der Waals surface area contributed by atoms with E-state index in [1.807, 2.05) is 24.3 Å². The molecule has 0 radical (unpaired) electrons. The molecule has 0 unspecified atom stereocenters. The second kappa shape index (κ2) is 11.7. The molecule has 1 amide bonds. The average Bonchev–Trinajstić information content (AvgIpc) is 2.94. The molecule has 0 bridgehead atoms. The van der Waals surface area contributed by atoms with Gasteiger partial charge in [0, 0.05) is 63.0 Å². The zero-order chi connectivity index (χ0) is 26.5. The molecule has 2 aliphatic heterocycles. The molecule has 10 heteroatoms. The SMILES string of the molecule is CCc1cc(Nc2nc(NC3CCOCC3)c(-c3ccccn3)nc2C(N)=O)ccc1N1CCN(C)CC1. The molecule has 2 fully saturated rings. The maximum atomic E-state index is 12.5. The zero-order valence-electron chi connectivity index (χ0n) is 22.1. The first-order chi connectivity index (χ1) is 18.5. The summed E-state index contributed by atoms with van der Waals surface area (Å²) < 4.78 is 5.52.